The molecule has 0 unspecified atom stereocenters. The maximum Gasteiger partial charge on any atom is 0.410 e. The summed E-state index contributed by atoms with van der Waals surface area (Å²) in [5.74, 6) is -0.310. The number of hydrogen-bond acceptors (Lipinski definition) is 5. The molecule has 0 bridgehead atoms. The number of aromatic amines is 1. The smallest absolute Gasteiger partial charge is 0.410 e. The van der Waals surface area contributed by atoms with Gasteiger partial charge in [-0.2, -0.15) is 0 Å². The van der Waals surface area contributed by atoms with Gasteiger partial charge in [-0.15, -0.1) is 0 Å². The third kappa shape index (κ3) is 5.39. The Hall–Kier alpha value is -4.17. The van der Waals surface area contributed by atoms with E-state index in [4.69, 9.17) is 4.74 Å². The molecule has 2 aromatic carbocycles. The summed E-state index contributed by atoms with van der Waals surface area (Å²) in [5, 5.41) is 12.0. The van der Waals surface area contributed by atoms with E-state index in [0.29, 0.717) is 31.6 Å². The number of rotatable bonds is 4. The molecule has 0 aliphatic carbocycles. The fourth-order valence-corrected chi connectivity index (χ4v) is 6.22. The number of nitrogens with one attached hydrogen (secondary N) is 1. The van der Waals surface area contributed by atoms with Crippen LogP contribution in [0.2, 0.25) is 0 Å². The van der Waals surface area contributed by atoms with E-state index < -0.39 is 11.7 Å². The van der Waals surface area contributed by atoms with Gasteiger partial charge in [-0.3, -0.25) is 4.79 Å². The predicted octanol–water partition coefficient (Wildman–Crippen LogP) is 6.23. The molecular weight excluding hydrogens is 528 g/mol. The number of carbonyl (C=O) groups excluding carboxylic acids is 2. The van der Waals surface area contributed by atoms with Crippen LogP contribution in [-0.2, 0) is 22.5 Å². The first kappa shape index (κ1) is 28.0. The fourth-order valence-electron chi connectivity index (χ4n) is 6.22. The number of aliphatic hydroxyl groups excluding tert-OH is 1. The maximum atomic E-state index is 13.5. The molecule has 8 heteroatoms. The number of ether oxygens (including phenoxy) is 1. The SMILES string of the molecule is Cc1c[nH]c2ncc(-c3cc4c(c([C@@H]5CCCN5C(=O)OC(C)(C)C)c3)CN(C(=O)[C@@H](O)c3ccccc3)CC4)cc12. The Kier molecular flexibility index (Phi) is 7.27. The number of aliphatic hydroxyl groups is 1. The minimum absolute atomic E-state index is 0.173. The van der Waals surface area contributed by atoms with Crippen LogP contribution >= 0.6 is 0 Å². The molecule has 42 heavy (non-hydrogen) atoms. The van der Waals surface area contributed by atoms with Gasteiger partial charge < -0.3 is 24.6 Å². The van der Waals surface area contributed by atoms with Crippen LogP contribution in [0.4, 0.5) is 4.79 Å². The third-order valence-electron chi connectivity index (χ3n) is 8.35. The number of hydrogen-bond donors (Lipinski definition) is 2. The standard InChI is InChI=1S/C34H38N4O4/c1-21-18-35-31-26(21)17-25(19-36-31)24-15-23-12-14-37(32(40)30(39)22-9-6-5-7-10-22)20-28(23)27(16-24)29-11-8-13-38(29)33(41)42-34(2,3)4/h5-7,9-10,15-19,29-30,39H,8,11-14,20H2,1-4H3,(H,35,36)/t29-,30-/m0/s1. The zero-order chi connectivity index (χ0) is 29.6. The summed E-state index contributed by atoms with van der Waals surface area (Å²) in [6.07, 6.45) is 4.64. The van der Waals surface area contributed by atoms with Crippen molar-refractivity contribution in [3.05, 3.63) is 88.7 Å². The first-order valence-electron chi connectivity index (χ1n) is 14.7. The van der Waals surface area contributed by atoms with E-state index in [0.717, 1.165) is 57.3 Å². The van der Waals surface area contributed by atoms with Crippen molar-refractivity contribution in [2.75, 3.05) is 13.1 Å². The Morgan fingerprint density at radius 3 is 2.64 bits per heavy atom. The predicted molar refractivity (Wildman–Crippen MR) is 162 cm³/mol. The number of nitrogens with zero attached hydrogens (tertiary/aromatic N) is 3. The summed E-state index contributed by atoms with van der Waals surface area (Å²) in [6.45, 7) is 9.21. The molecule has 2 amide bonds. The van der Waals surface area contributed by atoms with Gasteiger partial charge in [0.25, 0.3) is 5.91 Å². The number of likely N-dealkylation sites (tertiary alicyclic amines) is 1. The molecule has 1 saturated heterocycles. The van der Waals surface area contributed by atoms with Crippen LogP contribution in [0.15, 0.2) is 60.9 Å². The number of fused-ring (bicyclic) bond motifs is 2. The third-order valence-corrected chi connectivity index (χ3v) is 8.35. The zero-order valence-electron chi connectivity index (χ0n) is 24.7. The van der Waals surface area contributed by atoms with Crippen LogP contribution in [0.5, 0.6) is 0 Å². The monoisotopic (exact) mass is 566 g/mol. The van der Waals surface area contributed by atoms with Crippen molar-refractivity contribution >= 4 is 23.0 Å². The summed E-state index contributed by atoms with van der Waals surface area (Å²) in [4.78, 5) is 38.3. The number of aromatic nitrogens is 2. The zero-order valence-corrected chi connectivity index (χ0v) is 24.7. The Labute approximate surface area is 246 Å². The molecule has 2 atom stereocenters. The first-order chi connectivity index (χ1) is 20.1. The second-order valence-electron chi connectivity index (χ2n) is 12.4. The highest BCUT2D eigenvalue weighted by Crippen LogP contribution is 2.41. The van der Waals surface area contributed by atoms with E-state index in [1.165, 1.54) is 0 Å². The van der Waals surface area contributed by atoms with Gasteiger partial charge >= 0.3 is 6.09 Å². The molecule has 4 aromatic rings. The van der Waals surface area contributed by atoms with Crippen molar-refractivity contribution in [2.24, 2.45) is 0 Å². The van der Waals surface area contributed by atoms with Crippen LogP contribution in [0.3, 0.4) is 0 Å². The van der Waals surface area contributed by atoms with E-state index in [1.807, 2.05) is 56.3 Å². The number of aryl methyl sites for hydroxylation is 1. The lowest BCUT2D eigenvalue weighted by molar-refractivity contribution is -0.141. The molecule has 0 radical (unpaired) electrons. The second-order valence-corrected chi connectivity index (χ2v) is 12.4. The average molecular weight is 567 g/mol. The summed E-state index contributed by atoms with van der Waals surface area (Å²) >= 11 is 0. The minimum Gasteiger partial charge on any atom is -0.444 e. The van der Waals surface area contributed by atoms with E-state index in [-0.39, 0.29) is 18.0 Å². The average Bonchev–Trinajstić information content (AvgIpc) is 3.62. The fraction of sp³-hybridized carbons (Fsp3) is 0.382. The molecule has 8 nitrogen and oxygen atoms in total. The van der Waals surface area contributed by atoms with E-state index in [2.05, 4.69) is 35.1 Å². The Balaban J connectivity index is 1.40. The summed E-state index contributed by atoms with van der Waals surface area (Å²) < 4.78 is 5.80. The molecule has 2 aliphatic rings. The van der Waals surface area contributed by atoms with Crippen molar-refractivity contribution in [1.82, 2.24) is 19.8 Å². The number of pyridine rings is 1. The second kappa shape index (κ2) is 10.9. The maximum absolute atomic E-state index is 13.5. The molecule has 0 saturated carbocycles. The van der Waals surface area contributed by atoms with Gasteiger partial charge in [0.05, 0.1) is 6.04 Å². The molecule has 2 N–H and O–H groups in total. The van der Waals surface area contributed by atoms with Gasteiger partial charge in [-0.05, 0) is 92.5 Å². The van der Waals surface area contributed by atoms with Gasteiger partial charge in [0, 0.05) is 43.0 Å². The van der Waals surface area contributed by atoms with Crippen molar-refractivity contribution < 1.29 is 19.4 Å². The Morgan fingerprint density at radius 1 is 1.10 bits per heavy atom. The van der Waals surface area contributed by atoms with E-state index >= 15 is 0 Å². The Bertz CT molecular complexity index is 1640. The van der Waals surface area contributed by atoms with Gasteiger partial charge in [0.2, 0.25) is 0 Å². The normalized spacial score (nSPS) is 17.8. The number of carbonyl (C=O) groups is 2. The molecule has 0 spiro atoms. The number of H-pyrrole nitrogens is 1. The van der Waals surface area contributed by atoms with Crippen molar-refractivity contribution in [2.45, 2.75) is 71.2 Å². The van der Waals surface area contributed by atoms with Crippen molar-refractivity contribution in [3.63, 3.8) is 0 Å². The lowest BCUT2D eigenvalue weighted by Crippen LogP contribution is -2.40. The topological polar surface area (TPSA) is 98.8 Å². The number of benzene rings is 2. The van der Waals surface area contributed by atoms with Crippen LogP contribution in [0, 0.1) is 6.92 Å². The van der Waals surface area contributed by atoms with Crippen molar-refractivity contribution in [3.8, 4) is 11.1 Å². The molecule has 2 aromatic heterocycles. The Morgan fingerprint density at radius 2 is 1.88 bits per heavy atom. The molecule has 1 fully saturated rings. The lowest BCUT2D eigenvalue weighted by Gasteiger charge is -2.35. The lowest BCUT2D eigenvalue weighted by atomic mass is 9.86. The molecule has 6 rings (SSSR count). The van der Waals surface area contributed by atoms with Crippen LogP contribution < -0.4 is 0 Å². The highest BCUT2D eigenvalue weighted by atomic mass is 16.6. The summed E-state index contributed by atoms with van der Waals surface area (Å²) in [5.41, 5.74) is 7.25. The first-order valence-corrected chi connectivity index (χ1v) is 14.7. The van der Waals surface area contributed by atoms with E-state index in [1.54, 1.807) is 17.0 Å². The van der Waals surface area contributed by atoms with Crippen LogP contribution in [-0.4, -0.2) is 55.6 Å². The highest BCUT2D eigenvalue weighted by Gasteiger charge is 2.37. The van der Waals surface area contributed by atoms with E-state index in [9.17, 15) is 14.7 Å². The molecule has 218 valence electrons. The van der Waals surface area contributed by atoms with Gasteiger partial charge in [-0.25, -0.2) is 9.78 Å². The molecular formula is C34H38N4O4. The van der Waals surface area contributed by atoms with Crippen LogP contribution in [0.1, 0.15) is 73.6 Å². The van der Waals surface area contributed by atoms with Gasteiger partial charge in [0.15, 0.2) is 6.10 Å². The minimum atomic E-state index is -1.22. The molecule has 2 aliphatic heterocycles. The largest absolute Gasteiger partial charge is 0.444 e. The highest BCUT2D eigenvalue weighted by molar-refractivity contribution is 5.85. The number of amides is 2. The summed E-state index contributed by atoms with van der Waals surface area (Å²) in [7, 11) is 0. The molecule has 4 heterocycles. The summed E-state index contributed by atoms with van der Waals surface area (Å²) in [6, 6.07) is 15.4. The van der Waals surface area contributed by atoms with Gasteiger partial charge in [-0.1, -0.05) is 36.4 Å². The van der Waals surface area contributed by atoms with Gasteiger partial charge in [0.1, 0.15) is 11.2 Å². The quantitative estimate of drug-likeness (QED) is 0.305. The van der Waals surface area contributed by atoms with Crippen LogP contribution in [0.25, 0.3) is 22.2 Å². The van der Waals surface area contributed by atoms with Crippen molar-refractivity contribution in [1.29, 1.82) is 0 Å².